The molecule has 1 aliphatic heterocycles. The Morgan fingerprint density at radius 1 is 1.08 bits per heavy atom. The van der Waals surface area contributed by atoms with Crippen LogP contribution in [0.15, 0.2) is 36.4 Å². The van der Waals surface area contributed by atoms with E-state index in [0.717, 1.165) is 11.3 Å². The molecule has 1 aliphatic rings. The van der Waals surface area contributed by atoms with Crippen molar-refractivity contribution < 1.29 is 28.5 Å². The average molecular weight is 356 g/mol. The number of esters is 1. The number of fused-ring (bicyclic) bond motifs is 1. The summed E-state index contributed by atoms with van der Waals surface area (Å²) in [5.74, 6) is 1.46. The second kappa shape index (κ2) is 7.47. The zero-order valence-corrected chi connectivity index (χ0v) is 14.9. The van der Waals surface area contributed by atoms with Crippen molar-refractivity contribution in [3.8, 4) is 23.0 Å². The van der Waals surface area contributed by atoms with E-state index in [1.807, 2.05) is 24.3 Å². The molecular formula is C20H20O6. The predicted octanol–water partition coefficient (Wildman–Crippen LogP) is 3.46. The van der Waals surface area contributed by atoms with Crippen molar-refractivity contribution in [2.45, 2.75) is 26.2 Å². The first-order valence-corrected chi connectivity index (χ1v) is 8.23. The van der Waals surface area contributed by atoms with Gasteiger partial charge in [-0.15, -0.1) is 0 Å². The van der Waals surface area contributed by atoms with E-state index in [9.17, 15) is 9.59 Å². The van der Waals surface area contributed by atoms with E-state index in [0.29, 0.717) is 22.8 Å². The van der Waals surface area contributed by atoms with Gasteiger partial charge in [-0.1, -0.05) is 12.1 Å². The van der Waals surface area contributed by atoms with Crippen LogP contribution < -0.4 is 18.9 Å². The maximum atomic E-state index is 11.9. The van der Waals surface area contributed by atoms with E-state index in [1.165, 1.54) is 13.8 Å². The minimum atomic E-state index is -0.443. The summed E-state index contributed by atoms with van der Waals surface area (Å²) < 4.78 is 21.4. The Labute approximate surface area is 151 Å². The van der Waals surface area contributed by atoms with Crippen LogP contribution in [0.5, 0.6) is 23.0 Å². The molecule has 26 heavy (non-hydrogen) atoms. The van der Waals surface area contributed by atoms with Crippen LogP contribution in [0, 0.1) is 0 Å². The Balaban J connectivity index is 2.09. The first-order valence-electron chi connectivity index (χ1n) is 8.23. The predicted molar refractivity (Wildman–Crippen MR) is 94.0 cm³/mol. The van der Waals surface area contributed by atoms with Crippen molar-refractivity contribution in [2.24, 2.45) is 0 Å². The number of carbonyl (C=O) groups is 2. The Hall–Kier alpha value is -3.02. The fourth-order valence-corrected chi connectivity index (χ4v) is 2.99. The Bertz CT molecular complexity index is 825. The molecule has 0 spiro atoms. The lowest BCUT2D eigenvalue weighted by molar-refractivity contribution is -0.131. The van der Waals surface area contributed by atoms with E-state index < -0.39 is 5.97 Å². The molecule has 0 saturated heterocycles. The van der Waals surface area contributed by atoms with Crippen molar-refractivity contribution in [3.05, 3.63) is 47.5 Å². The zero-order valence-electron chi connectivity index (χ0n) is 14.9. The van der Waals surface area contributed by atoms with Crippen molar-refractivity contribution in [2.75, 3.05) is 13.9 Å². The minimum absolute atomic E-state index is 0.0252. The van der Waals surface area contributed by atoms with Gasteiger partial charge in [0, 0.05) is 30.9 Å². The van der Waals surface area contributed by atoms with Gasteiger partial charge in [0.25, 0.3) is 0 Å². The molecule has 0 fully saturated rings. The van der Waals surface area contributed by atoms with Gasteiger partial charge in [0.15, 0.2) is 11.5 Å². The van der Waals surface area contributed by atoms with Gasteiger partial charge in [0.1, 0.15) is 17.3 Å². The molecule has 1 heterocycles. The maximum Gasteiger partial charge on any atom is 0.308 e. The van der Waals surface area contributed by atoms with Crippen LogP contribution in [0.3, 0.4) is 0 Å². The van der Waals surface area contributed by atoms with Gasteiger partial charge in [0.05, 0.1) is 7.11 Å². The first-order chi connectivity index (χ1) is 12.5. The van der Waals surface area contributed by atoms with Crippen LogP contribution in [0.1, 0.15) is 37.3 Å². The number of benzene rings is 2. The number of ketones is 1. The normalized spacial score (nSPS) is 13.2. The highest BCUT2D eigenvalue weighted by Gasteiger charge is 2.26. The number of rotatable bonds is 6. The SMILES string of the molecule is COc1ccc([C@H](CC(C)=O)c2cc3c(cc2OC(C)=O)OCO3)cc1. The molecule has 1 atom stereocenters. The summed E-state index contributed by atoms with van der Waals surface area (Å²) in [6.45, 7) is 2.98. The van der Waals surface area contributed by atoms with Crippen LogP contribution in [-0.4, -0.2) is 25.7 Å². The second-order valence-electron chi connectivity index (χ2n) is 6.07. The largest absolute Gasteiger partial charge is 0.497 e. The highest BCUT2D eigenvalue weighted by molar-refractivity contribution is 5.78. The molecule has 2 aromatic rings. The zero-order chi connectivity index (χ0) is 18.7. The van der Waals surface area contributed by atoms with Gasteiger partial charge in [-0.05, 0) is 30.7 Å². The molecule has 2 aromatic carbocycles. The summed E-state index contributed by atoms with van der Waals surface area (Å²) in [4.78, 5) is 23.5. The van der Waals surface area contributed by atoms with Crippen molar-refractivity contribution in [1.29, 1.82) is 0 Å². The quantitative estimate of drug-likeness (QED) is 0.583. The molecule has 0 saturated carbocycles. The summed E-state index contributed by atoms with van der Waals surface area (Å²) >= 11 is 0. The monoisotopic (exact) mass is 356 g/mol. The molecule has 6 nitrogen and oxygen atoms in total. The molecule has 3 rings (SSSR count). The summed E-state index contributed by atoms with van der Waals surface area (Å²) in [5.41, 5.74) is 1.61. The molecule has 0 N–H and O–H groups in total. The standard InChI is InChI=1S/C20H20O6/c1-12(21)8-16(14-4-6-15(23-3)7-5-14)17-9-19-20(25-11-24-19)10-18(17)26-13(2)22/h4-7,9-10,16H,8,11H2,1-3H3/t16-/m0/s1. The number of hydrogen-bond acceptors (Lipinski definition) is 6. The van der Waals surface area contributed by atoms with Gasteiger partial charge < -0.3 is 18.9 Å². The highest BCUT2D eigenvalue weighted by atomic mass is 16.7. The topological polar surface area (TPSA) is 71.1 Å². The first kappa shape index (κ1) is 17.8. The Morgan fingerprint density at radius 2 is 1.73 bits per heavy atom. The minimum Gasteiger partial charge on any atom is -0.497 e. The van der Waals surface area contributed by atoms with Crippen molar-refractivity contribution in [3.63, 3.8) is 0 Å². The molecule has 0 radical (unpaired) electrons. The molecule has 0 amide bonds. The van der Waals surface area contributed by atoms with Crippen LogP contribution in [0.4, 0.5) is 0 Å². The highest BCUT2D eigenvalue weighted by Crippen LogP contribution is 2.44. The van der Waals surface area contributed by atoms with Gasteiger partial charge in [-0.2, -0.15) is 0 Å². The van der Waals surface area contributed by atoms with Gasteiger partial charge >= 0.3 is 5.97 Å². The second-order valence-corrected chi connectivity index (χ2v) is 6.07. The van der Waals surface area contributed by atoms with E-state index in [4.69, 9.17) is 18.9 Å². The maximum absolute atomic E-state index is 11.9. The van der Waals surface area contributed by atoms with E-state index in [2.05, 4.69) is 0 Å². The third kappa shape index (κ3) is 3.79. The summed E-state index contributed by atoms with van der Waals surface area (Å²) in [5, 5.41) is 0. The van der Waals surface area contributed by atoms with Crippen LogP contribution >= 0.6 is 0 Å². The average Bonchev–Trinajstić information content (AvgIpc) is 3.06. The van der Waals surface area contributed by atoms with Crippen molar-refractivity contribution >= 4 is 11.8 Å². The van der Waals surface area contributed by atoms with E-state index in [1.54, 1.807) is 19.2 Å². The molecule has 0 aromatic heterocycles. The van der Waals surface area contributed by atoms with E-state index >= 15 is 0 Å². The van der Waals surface area contributed by atoms with Gasteiger partial charge in [-0.3, -0.25) is 9.59 Å². The van der Waals surface area contributed by atoms with Crippen LogP contribution in [-0.2, 0) is 9.59 Å². The summed E-state index contributed by atoms with van der Waals surface area (Å²) in [6, 6.07) is 10.9. The van der Waals surface area contributed by atoms with Crippen LogP contribution in [0.25, 0.3) is 0 Å². The molecule has 136 valence electrons. The number of hydrogen-bond donors (Lipinski definition) is 0. The van der Waals surface area contributed by atoms with Gasteiger partial charge in [0.2, 0.25) is 6.79 Å². The Morgan fingerprint density at radius 3 is 2.31 bits per heavy atom. The van der Waals surface area contributed by atoms with Crippen LogP contribution in [0.2, 0.25) is 0 Å². The molecule has 0 unspecified atom stereocenters. The van der Waals surface area contributed by atoms with Gasteiger partial charge in [-0.25, -0.2) is 0 Å². The number of Topliss-reactive ketones (excluding diaryl/α,β-unsaturated/α-hetero) is 1. The third-order valence-corrected chi connectivity index (χ3v) is 4.14. The Kier molecular flexibility index (Phi) is 5.11. The molecule has 0 bridgehead atoms. The third-order valence-electron chi connectivity index (χ3n) is 4.14. The summed E-state index contributed by atoms with van der Waals surface area (Å²) in [7, 11) is 1.60. The number of methoxy groups -OCH3 is 1. The number of ether oxygens (including phenoxy) is 4. The summed E-state index contributed by atoms with van der Waals surface area (Å²) in [6.07, 6.45) is 0.264. The fourth-order valence-electron chi connectivity index (χ4n) is 2.99. The lowest BCUT2D eigenvalue weighted by atomic mass is 9.86. The van der Waals surface area contributed by atoms with E-state index in [-0.39, 0.29) is 24.9 Å². The smallest absolute Gasteiger partial charge is 0.308 e. The molecular weight excluding hydrogens is 336 g/mol. The molecule has 0 aliphatic carbocycles. The van der Waals surface area contributed by atoms with Crippen molar-refractivity contribution in [1.82, 2.24) is 0 Å². The number of carbonyl (C=O) groups excluding carboxylic acids is 2. The lowest BCUT2D eigenvalue weighted by Crippen LogP contribution is -2.11. The fraction of sp³-hybridized carbons (Fsp3) is 0.300. The lowest BCUT2D eigenvalue weighted by Gasteiger charge is -2.20. The molecule has 6 heteroatoms.